The molecule has 1 aliphatic rings. The number of nitrogens with zero attached hydrogens (tertiary/aromatic N) is 1. The van der Waals surface area contributed by atoms with Crippen LogP contribution in [0, 0.1) is 0 Å². The van der Waals surface area contributed by atoms with Gasteiger partial charge in [-0.15, -0.1) is 0 Å². The number of amides is 1. The molecule has 2 rings (SSSR count). The fraction of sp³-hybridized carbons (Fsp3) is 0.500. The normalized spacial score (nSPS) is 24.0. The van der Waals surface area contributed by atoms with Gasteiger partial charge in [-0.3, -0.25) is 4.79 Å². The smallest absolute Gasteiger partial charge is 0.227 e. The van der Waals surface area contributed by atoms with Gasteiger partial charge in [-0.05, 0) is 25.5 Å². The van der Waals surface area contributed by atoms with Crippen molar-refractivity contribution in [3.05, 3.63) is 29.8 Å². The van der Waals surface area contributed by atoms with E-state index in [2.05, 4.69) is 0 Å². The van der Waals surface area contributed by atoms with Crippen molar-refractivity contribution in [2.45, 2.75) is 32.5 Å². The van der Waals surface area contributed by atoms with Crippen LogP contribution in [0.5, 0.6) is 0 Å². The maximum absolute atomic E-state index is 12.2. The molecule has 2 atom stereocenters. The lowest BCUT2D eigenvalue weighted by Crippen LogP contribution is -2.48. The zero-order valence-electron chi connectivity index (χ0n) is 10.9. The highest BCUT2D eigenvalue weighted by molar-refractivity contribution is 5.80. The summed E-state index contributed by atoms with van der Waals surface area (Å²) >= 11 is 0. The highest BCUT2D eigenvalue weighted by Gasteiger charge is 2.25. The van der Waals surface area contributed by atoms with E-state index in [1.807, 2.05) is 43.0 Å². The molecule has 0 bridgehead atoms. The van der Waals surface area contributed by atoms with Crippen molar-refractivity contribution in [3.63, 3.8) is 0 Å². The van der Waals surface area contributed by atoms with Gasteiger partial charge in [-0.1, -0.05) is 18.2 Å². The molecule has 0 radical (unpaired) electrons. The summed E-state index contributed by atoms with van der Waals surface area (Å²) in [6, 6.07) is 7.51. The van der Waals surface area contributed by atoms with Gasteiger partial charge < -0.3 is 15.4 Å². The molecule has 1 aromatic carbocycles. The predicted molar refractivity (Wildman–Crippen MR) is 71.1 cm³/mol. The molecule has 2 N–H and O–H groups in total. The van der Waals surface area contributed by atoms with Crippen LogP contribution in [0.4, 0.5) is 5.69 Å². The summed E-state index contributed by atoms with van der Waals surface area (Å²) in [5, 5.41) is 0. The molecule has 0 aromatic heterocycles. The number of hydrogen-bond acceptors (Lipinski definition) is 3. The maximum Gasteiger partial charge on any atom is 0.227 e. The van der Waals surface area contributed by atoms with Crippen LogP contribution >= 0.6 is 0 Å². The number of morpholine rings is 1. The van der Waals surface area contributed by atoms with Crippen molar-refractivity contribution in [2.75, 3.05) is 18.8 Å². The molecule has 0 saturated carbocycles. The van der Waals surface area contributed by atoms with E-state index in [4.69, 9.17) is 10.5 Å². The van der Waals surface area contributed by atoms with Crippen molar-refractivity contribution < 1.29 is 9.53 Å². The summed E-state index contributed by atoms with van der Waals surface area (Å²) < 4.78 is 5.62. The van der Waals surface area contributed by atoms with Gasteiger partial charge in [0.15, 0.2) is 0 Å². The summed E-state index contributed by atoms with van der Waals surface area (Å²) in [5.74, 6) is 0.120. The first-order valence-electron chi connectivity index (χ1n) is 6.33. The number of hydrogen-bond donors (Lipinski definition) is 1. The molecule has 1 heterocycles. The van der Waals surface area contributed by atoms with Crippen LogP contribution in [-0.4, -0.2) is 36.1 Å². The number of para-hydroxylation sites is 1. The van der Waals surface area contributed by atoms with Gasteiger partial charge in [0.2, 0.25) is 5.91 Å². The minimum absolute atomic E-state index is 0.103. The third kappa shape index (κ3) is 3.01. The van der Waals surface area contributed by atoms with Crippen molar-refractivity contribution in [1.29, 1.82) is 0 Å². The van der Waals surface area contributed by atoms with Gasteiger partial charge in [-0.2, -0.15) is 0 Å². The van der Waals surface area contributed by atoms with Gasteiger partial charge in [-0.25, -0.2) is 0 Å². The van der Waals surface area contributed by atoms with E-state index in [-0.39, 0.29) is 18.1 Å². The molecule has 1 saturated heterocycles. The third-order valence-electron chi connectivity index (χ3n) is 3.17. The fourth-order valence-corrected chi connectivity index (χ4v) is 2.35. The van der Waals surface area contributed by atoms with E-state index in [0.717, 1.165) is 5.56 Å². The fourth-order valence-electron chi connectivity index (χ4n) is 2.35. The Morgan fingerprint density at radius 1 is 1.33 bits per heavy atom. The summed E-state index contributed by atoms with van der Waals surface area (Å²) in [6.45, 7) is 5.31. The van der Waals surface area contributed by atoms with Gasteiger partial charge in [0.25, 0.3) is 0 Å². The lowest BCUT2D eigenvalue weighted by atomic mass is 10.1. The molecule has 4 nitrogen and oxygen atoms in total. The first-order chi connectivity index (χ1) is 8.56. The summed E-state index contributed by atoms with van der Waals surface area (Å²) in [5.41, 5.74) is 7.44. The standard InChI is InChI=1S/C14H20N2O2/c1-10-8-16(9-11(2)18-10)14(17)7-12-5-3-4-6-13(12)15/h3-6,10-11H,7-9,15H2,1-2H3/t10-,11-/m1/s1. The van der Waals surface area contributed by atoms with E-state index < -0.39 is 0 Å². The average molecular weight is 248 g/mol. The SMILES string of the molecule is C[C@@H]1CN(C(=O)Cc2ccccc2N)C[C@@H](C)O1. The molecular formula is C14H20N2O2. The molecule has 0 unspecified atom stereocenters. The number of nitrogens with two attached hydrogens (primary N) is 1. The zero-order valence-corrected chi connectivity index (χ0v) is 10.9. The molecule has 0 aliphatic carbocycles. The number of carbonyl (C=O) groups is 1. The highest BCUT2D eigenvalue weighted by atomic mass is 16.5. The Kier molecular flexibility index (Phi) is 3.87. The Morgan fingerprint density at radius 2 is 1.94 bits per heavy atom. The zero-order chi connectivity index (χ0) is 13.1. The largest absolute Gasteiger partial charge is 0.398 e. The number of anilines is 1. The minimum atomic E-state index is 0.103. The molecule has 4 heteroatoms. The van der Waals surface area contributed by atoms with Crippen LogP contribution in [0.3, 0.4) is 0 Å². The molecule has 18 heavy (non-hydrogen) atoms. The Labute approximate surface area is 108 Å². The summed E-state index contributed by atoms with van der Waals surface area (Å²) in [6.07, 6.45) is 0.572. The number of benzene rings is 1. The average Bonchev–Trinajstić information content (AvgIpc) is 2.31. The lowest BCUT2D eigenvalue weighted by molar-refractivity contribution is -0.142. The number of ether oxygens (including phenoxy) is 1. The molecule has 1 amide bonds. The van der Waals surface area contributed by atoms with Crippen molar-refractivity contribution in [2.24, 2.45) is 0 Å². The Hall–Kier alpha value is -1.55. The first-order valence-corrected chi connectivity index (χ1v) is 6.33. The number of rotatable bonds is 2. The monoisotopic (exact) mass is 248 g/mol. The van der Waals surface area contributed by atoms with Crippen molar-refractivity contribution in [1.82, 2.24) is 4.90 Å². The summed E-state index contributed by atoms with van der Waals surface area (Å²) in [4.78, 5) is 14.1. The maximum atomic E-state index is 12.2. The Balaban J connectivity index is 2.02. The van der Waals surface area contributed by atoms with Crippen LogP contribution in [0.15, 0.2) is 24.3 Å². The van der Waals surface area contributed by atoms with Crippen LogP contribution < -0.4 is 5.73 Å². The quantitative estimate of drug-likeness (QED) is 0.806. The van der Waals surface area contributed by atoms with E-state index in [1.165, 1.54) is 0 Å². The lowest BCUT2D eigenvalue weighted by Gasteiger charge is -2.35. The van der Waals surface area contributed by atoms with Crippen LogP contribution in [0.2, 0.25) is 0 Å². The first kappa shape index (κ1) is 12.9. The topological polar surface area (TPSA) is 55.6 Å². The van der Waals surface area contributed by atoms with Gasteiger partial charge >= 0.3 is 0 Å². The van der Waals surface area contributed by atoms with E-state index >= 15 is 0 Å². The van der Waals surface area contributed by atoms with Crippen LogP contribution in [-0.2, 0) is 16.0 Å². The molecular weight excluding hydrogens is 228 g/mol. The van der Waals surface area contributed by atoms with Crippen molar-refractivity contribution >= 4 is 11.6 Å². The van der Waals surface area contributed by atoms with Gasteiger partial charge in [0, 0.05) is 18.8 Å². The second kappa shape index (κ2) is 5.40. The molecule has 98 valence electrons. The molecule has 0 spiro atoms. The Bertz CT molecular complexity index is 424. The molecule has 1 aromatic rings. The van der Waals surface area contributed by atoms with Gasteiger partial charge in [0.05, 0.1) is 18.6 Å². The minimum Gasteiger partial charge on any atom is -0.398 e. The Morgan fingerprint density at radius 3 is 2.56 bits per heavy atom. The second-order valence-electron chi connectivity index (χ2n) is 4.93. The predicted octanol–water partition coefficient (Wildman–Crippen LogP) is 1.45. The molecule has 1 fully saturated rings. The highest BCUT2D eigenvalue weighted by Crippen LogP contribution is 2.15. The summed E-state index contributed by atoms with van der Waals surface area (Å²) in [7, 11) is 0. The third-order valence-corrected chi connectivity index (χ3v) is 3.17. The van der Waals surface area contributed by atoms with Crippen molar-refractivity contribution in [3.8, 4) is 0 Å². The van der Waals surface area contributed by atoms with E-state index in [9.17, 15) is 4.79 Å². The van der Waals surface area contributed by atoms with Crippen LogP contribution in [0.1, 0.15) is 19.4 Å². The van der Waals surface area contributed by atoms with Gasteiger partial charge in [0.1, 0.15) is 0 Å². The number of carbonyl (C=O) groups excluding carboxylic acids is 1. The molecule has 1 aliphatic heterocycles. The van der Waals surface area contributed by atoms with Crippen LogP contribution in [0.25, 0.3) is 0 Å². The second-order valence-corrected chi connectivity index (χ2v) is 4.93. The number of nitrogen functional groups attached to an aromatic ring is 1. The van der Waals surface area contributed by atoms with E-state index in [0.29, 0.717) is 25.2 Å². The van der Waals surface area contributed by atoms with E-state index in [1.54, 1.807) is 0 Å².